The highest BCUT2D eigenvalue weighted by molar-refractivity contribution is 5.99. The summed E-state index contributed by atoms with van der Waals surface area (Å²) in [5.74, 6) is -0.0608. The topological polar surface area (TPSA) is 63.2 Å². The first kappa shape index (κ1) is 18.7. The van der Waals surface area contributed by atoms with Crippen molar-refractivity contribution in [1.29, 1.82) is 0 Å². The number of amides is 1. The molecule has 0 saturated heterocycles. The van der Waals surface area contributed by atoms with Crippen LogP contribution >= 0.6 is 0 Å². The minimum atomic E-state index is -4.43. The van der Waals surface area contributed by atoms with Crippen LogP contribution in [0.15, 0.2) is 36.4 Å². The average molecular weight is 353 g/mol. The fourth-order valence-corrected chi connectivity index (χ4v) is 2.20. The number of hydrogen-bond donors (Lipinski definition) is 2. The van der Waals surface area contributed by atoms with Crippen molar-refractivity contribution in [2.45, 2.75) is 6.18 Å². The molecule has 0 unspecified atom stereocenters. The van der Waals surface area contributed by atoms with Gasteiger partial charge in [0.05, 0.1) is 23.4 Å². The summed E-state index contributed by atoms with van der Waals surface area (Å²) in [5.41, 5.74) is 0.192. The van der Waals surface area contributed by atoms with Gasteiger partial charge < -0.3 is 15.4 Å². The van der Waals surface area contributed by atoms with Gasteiger partial charge in [0, 0.05) is 26.3 Å². The first-order valence-corrected chi connectivity index (χ1v) is 7.50. The van der Waals surface area contributed by atoms with Gasteiger partial charge in [0.2, 0.25) is 0 Å². The number of methoxy groups -OCH3 is 1. The molecule has 1 aromatic carbocycles. The zero-order valence-electron chi connectivity index (χ0n) is 13.8. The monoisotopic (exact) mass is 353 g/mol. The second-order valence-electron chi connectivity index (χ2n) is 5.17. The van der Waals surface area contributed by atoms with Crippen LogP contribution in [0.2, 0.25) is 0 Å². The molecule has 1 heterocycles. The van der Waals surface area contributed by atoms with Gasteiger partial charge in [-0.3, -0.25) is 4.79 Å². The molecule has 0 fully saturated rings. The molecule has 0 aliphatic carbocycles. The molecule has 1 aromatic heterocycles. The number of carbonyl (C=O) groups is 1. The van der Waals surface area contributed by atoms with E-state index in [0.29, 0.717) is 30.0 Å². The number of nitrogens with zero attached hydrogens (tertiary/aromatic N) is 1. The van der Waals surface area contributed by atoms with Crippen LogP contribution in [0.3, 0.4) is 0 Å². The van der Waals surface area contributed by atoms with Crippen LogP contribution < -0.4 is 10.6 Å². The Morgan fingerprint density at radius 2 is 2.00 bits per heavy atom. The third kappa shape index (κ3) is 4.69. The third-order valence-electron chi connectivity index (χ3n) is 3.45. The molecule has 0 atom stereocenters. The first-order chi connectivity index (χ1) is 11.9. The highest BCUT2D eigenvalue weighted by Crippen LogP contribution is 2.32. The second kappa shape index (κ2) is 7.98. The average Bonchev–Trinajstić information content (AvgIpc) is 2.60. The summed E-state index contributed by atoms with van der Waals surface area (Å²) in [7, 11) is 3.02. The number of ether oxygens (including phenoxy) is 1. The number of pyridine rings is 1. The van der Waals surface area contributed by atoms with Crippen molar-refractivity contribution in [2.24, 2.45) is 0 Å². The summed E-state index contributed by atoms with van der Waals surface area (Å²) in [6, 6.07) is 7.93. The van der Waals surface area contributed by atoms with Gasteiger partial charge in [-0.1, -0.05) is 12.1 Å². The smallest absolute Gasteiger partial charge is 0.383 e. The summed E-state index contributed by atoms with van der Waals surface area (Å²) < 4.78 is 43.6. The maximum atomic E-state index is 12.9. The Kier molecular flexibility index (Phi) is 5.97. The number of benzene rings is 1. The van der Waals surface area contributed by atoms with Crippen LogP contribution in [0.1, 0.15) is 15.9 Å². The van der Waals surface area contributed by atoms with E-state index in [1.807, 2.05) is 0 Å². The van der Waals surface area contributed by atoms with Crippen LogP contribution in [0.5, 0.6) is 0 Å². The molecule has 0 spiro atoms. The molecule has 1 amide bonds. The highest BCUT2D eigenvalue weighted by atomic mass is 19.4. The van der Waals surface area contributed by atoms with E-state index < -0.39 is 11.7 Å². The zero-order chi connectivity index (χ0) is 18.4. The summed E-state index contributed by atoms with van der Waals surface area (Å²) in [6.07, 6.45) is -4.43. The van der Waals surface area contributed by atoms with Crippen LogP contribution in [-0.4, -0.2) is 38.2 Å². The predicted molar refractivity (Wildman–Crippen MR) is 88.4 cm³/mol. The van der Waals surface area contributed by atoms with Gasteiger partial charge in [-0.2, -0.15) is 13.2 Å². The van der Waals surface area contributed by atoms with E-state index >= 15 is 0 Å². The van der Waals surface area contributed by atoms with Gasteiger partial charge in [0.1, 0.15) is 5.82 Å². The molecule has 2 N–H and O–H groups in total. The number of carbonyl (C=O) groups excluding carboxylic acids is 1. The molecule has 0 radical (unpaired) electrons. The Morgan fingerprint density at radius 1 is 1.24 bits per heavy atom. The molecule has 0 aliphatic heterocycles. The van der Waals surface area contributed by atoms with Gasteiger partial charge in [0.15, 0.2) is 0 Å². The number of rotatable bonds is 6. The Hall–Kier alpha value is -2.61. The van der Waals surface area contributed by atoms with Crippen LogP contribution in [0.4, 0.5) is 19.0 Å². The second-order valence-corrected chi connectivity index (χ2v) is 5.17. The van der Waals surface area contributed by atoms with Crippen molar-refractivity contribution in [3.05, 3.63) is 47.5 Å². The first-order valence-electron chi connectivity index (χ1n) is 7.50. The Balaban J connectivity index is 2.42. The molecule has 0 bridgehead atoms. The van der Waals surface area contributed by atoms with E-state index in [9.17, 15) is 18.0 Å². The van der Waals surface area contributed by atoms with E-state index in [4.69, 9.17) is 4.74 Å². The van der Waals surface area contributed by atoms with E-state index in [-0.39, 0.29) is 11.7 Å². The molecule has 8 heteroatoms. The molecule has 5 nitrogen and oxygen atoms in total. The lowest BCUT2D eigenvalue weighted by molar-refractivity contribution is -0.137. The fourth-order valence-electron chi connectivity index (χ4n) is 2.20. The lowest BCUT2D eigenvalue weighted by Gasteiger charge is -2.13. The Labute approximate surface area is 143 Å². The highest BCUT2D eigenvalue weighted by Gasteiger charge is 2.30. The number of aromatic nitrogens is 1. The largest absolute Gasteiger partial charge is 0.416 e. The van der Waals surface area contributed by atoms with Gasteiger partial charge in [-0.15, -0.1) is 0 Å². The van der Waals surface area contributed by atoms with E-state index in [1.54, 1.807) is 0 Å². The molecular weight excluding hydrogens is 335 g/mol. The van der Waals surface area contributed by atoms with Crippen molar-refractivity contribution in [3.8, 4) is 11.3 Å². The molecule has 2 aromatic rings. The molecule has 134 valence electrons. The quantitative estimate of drug-likeness (QED) is 0.783. The van der Waals surface area contributed by atoms with Gasteiger partial charge in [0.25, 0.3) is 5.91 Å². The van der Waals surface area contributed by atoms with Gasteiger partial charge in [-0.05, 0) is 24.3 Å². The molecular formula is C17H18F3N3O2. The Morgan fingerprint density at radius 3 is 2.64 bits per heavy atom. The summed E-state index contributed by atoms with van der Waals surface area (Å²) in [6.45, 7) is 0.794. The van der Waals surface area contributed by atoms with Gasteiger partial charge >= 0.3 is 6.18 Å². The van der Waals surface area contributed by atoms with E-state index in [2.05, 4.69) is 15.6 Å². The summed E-state index contributed by atoms with van der Waals surface area (Å²) >= 11 is 0. The molecule has 25 heavy (non-hydrogen) atoms. The van der Waals surface area contributed by atoms with Gasteiger partial charge in [-0.25, -0.2) is 4.98 Å². The lowest BCUT2D eigenvalue weighted by Crippen LogP contribution is -2.21. The SMILES string of the molecule is CNC(=O)c1ccc(-c2cccc(C(F)(F)F)c2)nc1NCCOC. The summed E-state index contributed by atoms with van der Waals surface area (Å²) in [4.78, 5) is 16.2. The van der Waals surface area contributed by atoms with Crippen molar-refractivity contribution in [2.75, 3.05) is 32.6 Å². The minimum Gasteiger partial charge on any atom is -0.383 e. The maximum absolute atomic E-state index is 12.9. The maximum Gasteiger partial charge on any atom is 0.416 e. The van der Waals surface area contributed by atoms with Crippen LogP contribution in [0, 0.1) is 0 Å². The number of halogens is 3. The zero-order valence-corrected chi connectivity index (χ0v) is 13.8. The standard InChI is InChI=1S/C17H18F3N3O2/c1-21-16(24)13-6-7-14(23-15(13)22-8-9-25-2)11-4-3-5-12(10-11)17(18,19)20/h3-7,10H,8-9H2,1-2H3,(H,21,24)(H,22,23). The predicted octanol–water partition coefficient (Wildman–Crippen LogP) is 3.19. The van der Waals surface area contributed by atoms with Crippen molar-refractivity contribution in [1.82, 2.24) is 10.3 Å². The Bertz CT molecular complexity index is 748. The number of alkyl halides is 3. The molecule has 0 saturated carbocycles. The summed E-state index contributed by atoms with van der Waals surface area (Å²) in [5, 5.41) is 5.47. The minimum absolute atomic E-state index is 0.284. The van der Waals surface area contributed by atoms with Crippen LogP contribution in [-0.2, 0) is 10.9 Å². The molecule has 0 aliphatic rings. The normalized spacial score (nSPS) is 11.2. The third-order valence-corrected chi connectivity index (χ3v) is 3.45. The van der Waals surface area contributed by atoms with Crippen molar-refractivity contribution in [3.63, 3.8) is 0 Å². The number of nitrogens with one attached hydrogen (secondary N) is 2. The number of hydrogen-bond acceptors (Lipinski definition) is 4. The van der Waals surface area contributed by atoms with E-state index in [1.165, 1.54) is 38.4 Å². The lowest BCUT2D eigenvalue weighted by atomic mass is 10.1. The molecule has 2 rings (SSSR count). The van der Waals surface area contributed by atoms with Crippen molar-refractivity contribution >= 4 is 11.7 Å². The number of anilines is 1. The van der Waals surface area contributed by atoms with Crippen molar-refractivity contribution < 1.29 is 22.7 Å². The fraction of sp³-hybridized carbons (Fsp3) is 0.294. The van der Waals surface area contributed by atoms with E-state index in [0.717, 1.165) is 12.1 Å². The van der Waals surface area contributed by atoms with Crippen LogP contribution in [0.25, 0.3) is 11.3 Å².